The number of nitrogens with zero attached hydrogens (tertiary/aromatic N) is 1. The van der Waals surface area contributed by atoms with Gasteiger partial charge in [-0.15, -0.1) is 0 Å². The summed E-state index contributed by atoms with van der Waals surface area (Å²) in [6.07, 6.45) is -0.581. The Labute approximate surface area is 189 Å². The molecule has 0 aliphatic carbocycles. The fourth-order valence-corrected chi connectivity index (χ4v) is 3.87. The van der Waals surface area contributed by atoms with Crippen LogP contribution in [0.1, 0.15) is 43.6 Å². The molecule has 0 aromatic heterocycles. The zero-order valence-electron chi connectivity index (χ0n) is 17.6. The summed E-state index contributed by atoms with van der Waals surface area (Å²) in [4.78, 5) is 51.1. The van der Waals surface area contributed by atoms with Crippen molar-refractivity contribution in [3.05, 3.63) is 89.0 Å². The predicted octanol–water partition coefficient (Wildman–Crippen LogP) is 3.45. The summed E-state index contributed by atoms with van der Waals surface area (Å²) in [5.74, 6) is -0.790. The average Bonchev–Trinajstić information content (AvgIpc) is 3.05. The lowest BCUT2D eigenvalue weighted by Gasteiger charge is -2.23. The SMILES string of the molecule is CC1Oc2ccc(NC(=O)c3cccc(CN4C(=O)c5ccccc5C4=O)c3)cc2NC1=O. The summed E-state index contributed by atoms with van der Waals surface area (Å²) in [6, 6.07) is 18.4. The van der Waals surface area contributed by atoms with Gasteiger partial charge in [0.15, 0.2) is 6.10 Å². The van der Waals surface area contributed by atoms with E-state index in [1.807, 2.05) is 0 Å². The summed E-state index contributed by atoms with van der Waals surface area (Å²) in [7, 11) is 0. The van der Waals surface area contributed by atoms with E-state index < -0.39 is 6.10 Å². The molecule has 2 aliphatic rings. The number of hydrogen-bond acceptors (Lipinski definition) is 5. The molecule has 1 atom stereocenters. The number of benzene rings is 3. The smallest absolute Gasteiger partial charge is 0.265 e. The Morgan fingerprint density at radius 1 is 0.970 bits per heavy atom. The second kappa shape index (κ2) is 7.90. The van der Waals surface area contributed by atoms with Gasteiger partial charge in [0.05, 0.1) is 23.4 Å². The number of hydrogen-bond donors (Lipinski definition) is 2. The number of nitrogens with one attached hydrogen (secondary N) is 2. The van der Waals surface area contributed by atoms with Crippen LogP contribution in [0.3, 0.4) is 0 Å². The van der Waals surface area contributed by atoms with Gasteiger partial charge in [0.25, 0.3) is 23.6 Å². The van der Waals surface area contributed by atoms with Crippen molar-refractivity contribution in [3.63, 3.8) is 0 Å². The van der Waals surface area contributed by atoms with Crippen LogP contribution in [0.25, 0.3) is 0 Å². The van der Waals surface area contributed by atoms with Crippen molar-refractivity contribution >= 4 is 35.0 Å². The van der Waals surface area contributed by atoms with Crippen molar-refractivity contribution in [1.29, 1.82) is 0 Å². The third-order valence-electron chi connectivity index (χ3n) is 5.58. The van der Waals surface area contributed by atoms with Crippen LogP contribution in [0.5, 0.6) is 5.75 Å². The number of anilines is 2. The highest BCUT2D eigenvalue weighted by Crippen LogP contribution is 2.32. The van der Waals surface area contributed by atoms with E-state index in [2.05, 4.69) is 10.6 Å². The maximum absolute atomic E-state index is 12.8. The van der Waals surface area contributed by atoms with E-state index in [4.69, 9.17) is 4.74 Å². The molecule has 2 N–H and O–H groups in total. The van der Waals surface area contributed by atoms with Crippen molar-refractivity contribution < 1.29 is 23.9 Å². The lowest BCUT2D eigenvalue weighted by Crippen LogP contribution is -2.34. The lowest BCUT2D eigenvalue weighted by atomic mass is 10.1. The fraction of sp³-hybridized carbons (Fsp3) is 0.120. The zero-order chi connectivity index (χ0) is 23.1. The standard InChI is InChI=1S/C25H19N3O5/c1-14-22(29)27-20-12-17(9-10-21(20)33-14)26-23(30)16-6-4-5-15(11-16)13-28-24(31)18-7-2-3-8-19(18)25(28)32/h2-12,14H,13H2,1H3,(H,26,30)(H,27,29). The number of carbonyl (C=O) groups is 4. The van der Waals surface area contributed by atoms with Crippen LogP contribution in [-0.2, 0) is 11.3 Å². The molecule has 5 rings (SSSR count). The van der Waals surface area contributed by atoms with E-state index in [1.165, 1.54) is 4.90 Å². The highest BCUT2D eigenvalue weighted by Gasteiger charge is 2.35. The normalized spacial score (nSPS) is 16.6. The second-order valence-electron chi connectivity index (χ2n) is 7.86. The molecule has 3 aromatic carbocycles. The molecule has 0 spiro atoms. The minimum Gasteiger partial charge on any atom is -0.479 e. The van der Waals surface area contributed by atoms with Gasteiger partial charge in [0.1, 0.15) is 5.75 Å². The molecule has 0 radical (unpaired) electrons. The van der Waals surface area contributed by atoms with E-state index in [0.717, 1.165) is 0 Å². The first kappa shape index (κ1) is 20.4. The van der Waals surface area contributed by atoms with Crippen molar-refractivity contribution in [3.8, 4) is 5.75 Å². The number of imide groups is 1. The molecule has 1 unspecified atom stereocenters. The minimum atomic E-state index is -0.581. The number of rotatable bonds is 4. The predicted molar refractivity (Wildman–Crippen MR) is 120 cm³/mol. The van der Waals surface area contributed by atoms with Crippen LogP contribution in [0.15, 0.2) is 66.7 Å². The molecule has 8 nitrogen and oxygen atoms in total. The van der Waals surface area contributed by atoms with Gasteiger partial charge in [-0.3, -0.25) is 24.1 Å². The third-order valence-corrected chi connectivity index (χ3v) is 5.58. The number of ether oxygens (including phenoxy) is 1. The first-order chi connectivity index (χ1) is 15.9. The van der Waals surface area contributed by atoms with Crippen LogP contribution in [0.4, 0.5) is 11.4 Å². The van der Waals surface area contributed by atoms with Crippen molar-refractivity contribution in [2.24, 2.45) is 0 Å². The molecule has 2 aliphatic heterocycles. The van der Waals surface area contributed by atoms with Crippen molar-refractivity contribution in [2.45, 2.75) is 19.6 Å². The first-order valence-electron chi connectivity index (χ1n) is 10.4. The molecule has 0 saturated heterocycles. The highest BCUT2D eigenvalue weighted by atomic mass is 16.5. The summed E-state index contributed by atoms with van der Waals surface area (Å²) in [6.45, 7) is 1.72. The fourth-order valence-electron chi connectivity index (χ4n) is 3.87. The Hall–Kier alpha value is -4.46. The number of carbonyl (C=O) groups excluding carboxylic acids is 4. The van der Waals surface area contributed by atoms with Gasteiger partial charge < -0.3 is 15.4 Å². The molecule has 8 heteroatoms. The van der Waals surface area contributed by atoms with Crippen LogP contribution in [0, 0.1) is 0 Å². The number of amides is 4. The molecule has 0 fully saturated rings. The van der Waals surface area contributed by atoms with Crippen LogP contribution in [-0.4, -0.2) is 34.6 Å². The van der Waals surface area contributed by atoms with Gasteiger partial charge in [-0.05, 0) is 55.0 Å². The molecular weight excluding hydrogens is 422 g/mol. The average molecular weight is 441 g/mol. The van der Waals surface area contributed by atoms with Gasteiger partial charge in [-0.2, -0.15) is 0 Å². The van der Waals surface area contributed by atoms with Gasteiger partial charge in [-0.25, -0.2) is 0 Å². The Kier molecular flexibility index (Phi) is 4.90. The Balaban J connectivity index is 1.31. The second-order valence-corrected chi connectivity index (χ2v) is 7.86. The van der Waals surface area contributed by atoms with Crippen LogP contribution < -0.4 is 15.4 Å². The molecule has 33 heavy (non-hydrogen) atoms. The minimum absolute atomic E-state index is 0.0634. The zero-order valence-corrected chi connectivity index (χ0v) is 17.6. The summed E-state index contributed by atoms with van der Waals surface area (Å²) < 4.78 is 5.52. The van der Waals surface area contributed by atoms with E-state index in [9.17, 15) is 19.2 Å². The Morgan fingerprint density at radius 2 is 1.70 bits per heavy atom. The molecule has 164 valence electrons. The molecule has 3 aromatic rings. The van der Waals surface area contributed by atoms with Crippen molar-refractivity contribution in [1.82, 2.24) is 4.90 Å². The summed E-state index contributed by atoms with van der Waals surface area (Å²) >= 11 is 0. The number of fused-ring (bicyclic) bond motifs is 2. The van der Waals surface area contributed by atoms with Crippen LogP contribution in [0.2, 0.25) is 0 Å². The first-order valence-corrected chi connectivity index (χ1v) is 10.4. The van der Waals surface area contributed by atoms with Crippen molar-refractivity contribution in [2.75, 3.05) is 10.6 Å². The van der Waals surface area contributed by atoms with Gasteiger partial charge >= 0.3 is 0 Å². The van der Waals surface area contributed by atoms with Gasteiger partial charge in [0.2, 0.25) is 0 Å². The largest absolute Gasteiger partial charge is 0.479 e. The molecular formula is C25H19N3O5. The summed E-state index contributed by atoms with van der Waals surface area (Å²) in [5.41, 5.74) is 2.76. The van der Waals surface area contributed by atoms with Crippen LogP contribution >= 0.6 is 0 Å². The van der Waals surface area contributed by atoms with E-state index in [0.29, 0.717) is 39.4 Å². The maximum atomic E-state index is 12.8. The molecule has 0 saturated carbocycles. The quantitative estimate of drug-likeness (QED) is 0.604. The third kappa shape index (κ3) is 3.71. The highest BCUT2D eigenvalue weighted by molar-refractivity contribution is 6.21. The van der Waals surface area contributed by atoms with Gasteiger partial charge in [-0.1, -0.05) is 24.3 Å². The molecule has 0 bridgehead atoms. The Morgan fingerprint density at radius 3 is 2.42 bits per heavy atom. The maximum Gasteiger partial charge on any atom is 0.265 e. The lowest BCUT2D eigenvalue weighted by molar-refractivity contribution is -0.122. The Bertz CT molecular complexity index is 1300. The van der Waals surface area contributed by atoms with Gasteiger partial charge in [0, 0.05) is 11.3 Å². The van der Waals surface area contributed by atoms with E-state index in [1.54, 1.807) is 73.7 Å². The monoisotopic (exact) mass is 441 g/mol. The summed E-state index contributed by atoms with van der Waals surface area (Å²) in [5, 5.41) is 5.54. The molecule has 4 amide bonds. The topological polar surface area (TPSA) is 105 Å². The van der Waals surface area contributed by atoms with E-state index >= 15 is 0 Å². The molecule has 2 heterocycles. The van der Waals surface area contributed by atoms with E-state index in [-0.39, 0.29) is 30.2 Å².